The number of fused-ring (bicyclic) bond motifs is 2. The topological polar surface area (TPSA) is 49.4 Å². The van der Waals surface area contributed by atoms with Crippen molar-refractivity contribution in [3.05, 3.63) is 109 Å². The molecule has 5 rings (SSSR count). The number of thioether (sulfide) groups is 1. The number of benzene rings is 4. The number of para-hydroxylation sites is 2. The van der Waals surface area contributed by atoms with Crippen molar-refractivity contribution in [2.75, 3.05) is 10.2 Å². The van der Waals surface area contributed by atoms with Gasteiger partial charge >= 0.3 is 0 Å². The van der Waals surface area contributed by atoms with E-state index in [1.165, 1.54) is 11.8 Å². The highest BCUT2D eigenvalue weighted by Gasteiger charge is 2.31. The van der Waals surface area contributed by atoms with Crippen LogP contribution in [0.15, 0.2) is 118 Å². The maximum absolute atomic E-state index is 13.7. The monoisotopic (exact) mass is 496 g/mol. The molecule has 0 saturated heterocycles. The van der Waals surface area contributed by atoms with Gasteiger partial charge in [-0.05, 0) is 55.0 Å². The zero-order valence-electron chi connectivity index (χ0n) is 19.2. The Hall–Kier alpha value is -3.48. The summed E-state index contributed by atoms with van der Waals surface area (Å²) < 4.78 is 0. The van der Waals surface area contributed by atoms with Gasteiger partial charge < -0.3 is 5.32 Å². The van der Waals surface area contributed by atoms with Crippen molar-refractivity contribution < 1.29 is 9.59 Å². The summed E-state index contributed by atoms with van der Waals surface area (Å²) in [7, 11) is 0. The Morgan fingerprint density at radius 3 is 2.14 bits per heavy atom. The van der Waals surface area contributed by atoms with Gasteiger partial charge in [0.05, 0.1) is 23.0 Å². The second-order valence-corrected chi connectivity index (χ2v) is 10.7. The SMILES string of the molecule is CC(Sc1cccc(NC(=O)Cc2ccccc2)c1)C(=O)N1c2ccccc2Sc2ccccc21. The minimum Gasteiger partial charge on any atom is -0.326 e. The molecular weight excluding hydrogens is 472 g/mol. The maximum Gasteiger partial charge on any atom is 0.244 e. The fourth-order valence-corrected chi connectivity index (χ4v) is 6.04. The summed E-state index contributed by atoms with van der Waals surface area (Å²) in [5.74, 6) is -0.0461. The van der Waals surface area contributed by atoms with Crippen LogP contribution in [0, 0.1) is 0 Å². The fraction of sp³-hybridized carbons (Fsp3) is 0.103. The number of anilines is 3. The van der Waals surface area contributed by atoms with E-state index in [-0.39, 0.29) is 17.1 Å². The number of nitrogens with one attached hydrogen (secondary N) is 1. The van der Waals surface area contributed by atoms with Crippen molar-refractivity contribution in [3.63, 3.8) is 0 Å². The van der Waals surface area contributed by atoms with Crippen LogP contribution in [0.2, 0.25) is 0 Å². The summed E-state index contributed by atoms with van der Waals surface area (Å²) in [6.45, 7) is 1.93. The summed E-state index contributed by atoms with van der Waals surface area (Å²) in [5, 5.41) is 2.65. The molecule has 2 amide bonds. The van der Waals surface area contributed by atoms with Crippen LogP contribution in [0.1, 0.15) is 12.5 Å². The highest BCUT2D eigenvalue weighted by atomic mass is 32.2. The van der Waals surface area contributed by atoms with E-state index in [1.807, 2.05) is 103 Å². The molecule has 1 N–H and O–H groups in total. The van der Waals surface area contributed by atoms with Gasteiger partial charge in [0.25, 0.3) is 0 Å². The molecule has 35 heavy (non-hydrogen) atoms. The molecule has 4 aromatic rings. The van der Waals surface area contributed by atoms with E-state index >= 15 is 0 Å². The summed E-state index contributed by atoms with van der Waals surface area (Å²) in [6.07, 6.45) is 0.318. The summed E-state index contributed by atoms with van der Waals surface area (Å²) in [5.41, 5.74) is 3.52. The Kier molecular flexibility index (Phi) is 6.93. The average molecular weight is 497 g/mol. The number of carbonyl (C=O) groups is 2. The molecule has 4 nitrogen and oxygen atoms in total. The van der Waals surface area contributed by atoms with Gasteiger partial charge in [0.15, 0.2) is 0 Å². The Morgan fingerprint density at radius 1 is 0.829 bits per heavy atom. The van der Waals surface area contributed by atoms with Gasteiger partial charge in [-0.15, -0.1) is 11.8 Å². The lowest BCUT2D eigenvalue weighted by atomic mass is 10.1. The van der Waals surface area contributed by atoms with Crippen LogP contribution in [0.25, 0.3) is 0 Å². The first-order chi connectivity index (χ1) is 17.1. The molecule has 174 valence electrons. The van der Waals surface area contributed by atoms with Crippen molar-refractivity contribution in [2.45, 2.75) is 33.3 Å². The van der Waals surface area contributed by atoms with Gasteiger partial charge in [-0.25, -0.2) is 0 Å². The third-order valence-electron chi connectivity index (χ3n) is 5.64. The second kappa shape index (κ2) is 10.4. The third-order valence-corrected chi connectivity index (χ3v) is 7.85. The Morgan fingerprint density at radius 2 is 1.46 bits per heavy atom. The first kappa shape index (κ1) is 23.3. The first-order valence-corrected chi connectivity index (χ1v) is 13.1. The Bertz CT molecular complexity index is 1330. The Balaban J connectivity index is 1.31. The van der Waals surface area contributed by atoms with E-state index in [4.69, 9.17) is 0 Å². The number of carbonyl (C=O) groups excluding carboxylic acids is 2. The molecule has 1 heterocycles. The van der Waals surface area contributed by atoms with E-state index in [0.717, 1.165) is 37.3 Å². The lowest BCUT2D eigenvalue weighted by Gasteiger charge is -2.32. The summed E-state index contributed by atoms with van der Waals surface area (Å²) in [6, 6.07) is 33.3. The predicted octanol–water partition coefficient (Wildman–Crippen LogP) is 7.18. The van der Waals surface area contributed by atoms with Gasteiger partial charge in [0.1, 0.15) is 0 Å². The smallest absolute Gasteiger partial charge is 0.244 e. The highest BCUT2D eigenvalue weighted by Crippen LogP contribution is 2.48. The molecular formula is C29H24N2O2S2. The average Bonchev–Trinajstić information content (AvgIpc) is 2.87. The van der Waals surface area contributed by atoms with Crippen molar-refractivity contribution in [1.82, 2.24) is 0 Å². The van der Waals surface area contributed by atoms with E-state index in [9.17, 15) is 9.59 Å². The molecule has 0 saturated carbocycles. The van der Waals surface area contributed by atoms with Crippen molar-refractivity contribution in [1.29, 1.82) is 0 Å². The van der Waals surface area contributed by atoms with Crippen LogP contribution in [0.4, 0.5) is 17.1 Å². The fourth-order valence-electron chi connectivity index (χ4n) is 4.01. The lowest BCUT2D eigenvalue weighted by Crippen LogP contribution is -2.34. The Labute approximate surface area is 213 Å². The third kappa shape index (κ3) is 5.29. The van der Waals surface area contributed by atoms with Crippen LogP contribution >= 0.6 is 23.5 Å². The van der Waals surface area contributed by atoms with Crippen molar-refractivity contribution >= 4 is 52.4 Å². The van der Waals surface area contributed by atoms with Gasteiger partial charge in [0.2, 0.25) is 11.8 Å². The maximum atomic E-state index is 13.7. The van der Waals surface area contributed by atoms with Crippen LogP contribution in [-0.2, 0) is 16.0 Å². The number of hydrogen-bond acceptors (Lipinski definition) is 4. The molecule has 1 aliphatic rings. The molecule has 1 unspecified atom stereocenters. The van der Waals surface area contributed by atoms with Gasteiger partial charge in [0, 0.05) is 20.4 Å². The first-order valence-electron chi connectivity index (χ1n) is 11.4. The van der Waals surface area contributed by atoms with E-state index < -0.39 is 0 Å². The number of hydrogen-bond donors (Lipinski definition) is 1. The highest BCUT2D eigenvalue weighted by molar-refractivity contribution is 8.00. The molecule has 0 fully saturated rings. The summed E-state index contributed by atoms with van der Waals surface area (Å²) >= 11 is 3.18. The van der Waals surface area contributed by atoms with Gasteiger partial charge in [-0.2, -0.15) is 0 Å². The normalized spacial score (nSPS) is 12.9. The lowest BCUT2D eigenvalue weighted by molar-refractivity contribution is -0.117. The largest absolute Gasteiger partial charge is 0.326 e. The quantitative estimate of drug-likeness (QED) is 0.287. The molecule has 4 aromatic carbocycles. The zero-order chi connectivity index (χ0) is 24.2. The van der Waals surface area contributed by atoms with E-state index in [0.29, 0.717) is 6.42 Å². The van der Waals surface area contributed by atoms with Crippen molar-refractivity contribution in [3.8, 4) is 0 Å². The standard InChI is InChI=1S/C29H24N2O2S2/c1-20(29(33)31-24-14-5-7-16-26(24)35-27-17-8-6-15-25(27)31)34-23-13-9-12-22(19-23)30-28(32)18-21-10-3-2-4-11-21/h2-17,19-20H,18H2,1H3,(H,30,32). The molecule has 1 atom stereocenters. The molecule has 0 aromatic heterocycles. The molecule has 0 spiro atoms. The van der Waals surface area contributed by atoms with E-state index in [2.05, 4.69) is 17.4 Å². The molecule has 6 heteroatoms. The minimum atomic E-state index is -0.325. The number of nitrogens with zero attached hydrogens (tertiary/aromatic N) is 1. The van der Waals surface area contributed by atoms with Gasteiger partial charge in [-0.3, -0.25) is 14.5 Å². The molecule has 0 radical (unpaired) electrons. The summed E-state index contributed by atoms with van der Waals surface area (Å²) in [4.78, 5) is 31.1. The van der Waals surface area contributed by atoms with Crippen LogP contribution in [0.5, 0.6) is 0 Å². The van der Waals surface area contributed by atoms with E-state index in [1.54, 1.807) is 11.8 Å². The number of rotatable bonds is 6. The van der Waals surface area contributed by atoms with Gasteiger partial charge in [-0.1, -0.05) is 72.4 Å². The second-order valence-electron chi connectivity index (χ2n) is 8.21. The van der Waals surface area contributed by atoms with Crippen LogP contribution in [0.3, 0.4) is 0 Å². The minimum absolute atomic E-state index is 0.0220. The predicted molar refractivity (Wildman–Crippen MR) is 145 cm³/mol. The van der Waals surface area contributed by atoms with Crippen LogP contribution in [-0.4, -0.2) is 17.1 Å². The molecule has 0 bridgehead atoms. The molecule has 1 aliphatic heterocycles. The molecule has 0 aliphatic carbocycles. The number of amides is 2. The van der Waals surface area contributed by atoms with Crippen molar-refractivity contribution in [2.24, 2.45) is 0 Å². The van der Waals surface area contributed by atoms with Crippen LogP contribution < -0.4 is 10.2 Å². The zero-order valence-corrected chi connectivity index (χ0v) is 20.8.